The van der Waals surface area contributed by atoms with Crippen molar-refractivity contribution in [3.05, 3.63) is 35.4 Å². The summed E-state index contributed by atoms with van der Waals surface area (Å²) in [5.74, 6) is 0.0128. The third kappa shape index (κ3) is 2.71. The summed E-state index contributed by atoms with van der Waals surface area (Å²) in [6, 6.07) is 6.79. The quantitative estimate of drug-likeness (QED) is 0.725. The van der Waals surface area contributed by atoms with Crippen molar-refractivity contribution in [3.63, 3.8) is 0 Å². The molecule has 0 bridgehead atoms. The molecule has 1 fully saturated rings. The maximum Gasteiger partial charge on any atom is 0.254 e. The highest BCUT2D eigenvalue weighted by Gasteiger charge is 2.18. The van der Waals surface area contributed by atoms with Gasteiger partial charge in [-0.1, -0.05) is 12.1 Å². The number of ether oxygens (including phenoxy) is 1. The van der Waals surface area contributed by atoms with Crippen LogP contribution in [0.3, 0.4) is 0 Å². The number of carbonyl (C=O) groups excluding carboxylic acids is 2. The lowest BCUT2D eigenvalue weighted by molar-refractivity contribution is 0.0303. The van der Waals surface area contributed by atoms with Gasteiger partial charge in [-0.15, -0.1) is 0 Å². The van der Waals surface area contributed by atoms with E-state index in [0.29, 0.717) is 37.4 Å². The summed E-state index contributed by atoms with van der Waals surface area (Å²) in [4.78, 5) is 25.0. The van der Waals surface area contributed by atoms with Crippen LogP contribution in [-0.4, -0.2) is 42.9 Å². The number of morpholine rings is 1. The van der Waals surface area contributed by atoms with Crippen LogP contribution < -0.4 is 0 Å². The van der Waals surface area contributed by atoms with Crippen molar-refractivity contribution in [2.45, 2.75) is 6.92 Å². The molecule has 0 atom stereocenters. The number of nitrogens with zero attached hydrogens (tertiary/aromatic N) is 1. The van der Waals surface area contributed by atoms with Crippen LogP contribution in [0.1, 0.15) is 27.6 Å². The smallest absolute Gasteiger partial charge is 0.254 e. The summed E-state index contributed by atoms with van der Waals surface area (Å²) in [7, 11) is 0. The number of hydrogen-bond donors (Lipinski definition) is 0. The van der Waals surface area contributed by atoms with Crippen molar-refractivity contribution in [2.75, 3.05) is 26.3 Å². The van der Waals surface area contributed by atoms with Gasteiger partial charge in [0.15, 0.2) is 5.78 Å². The minimum Gasteiger partial charge on any atom is -0.378 e. The van der Waals surface area contributed by atoms with Crippen molar-refractivity contribution in [2.24, 2.45) is 0 Å². The Hall–Kier alpha value is -1.68. The van der Waals surface area contributed by atoms with Gasteiger partial charge in [0.1, 0.15) is 0 Å². The summed E-state index contributed by atoms with van der Waals surface area (Å²) >= 11 is 0. The highest BCUT2D eigenvalue weighted by Crippen LogP contribution is 2.09. The molecule has 0 saturated carbocycles. The fourth-order valence-electron chi connectivity index (χ4n) is 1.80. The molecule has 0 unspecified atom stereocenters. The van der Waals surface area contributed by atoms with Crippen LogP contribution in [0.4, 0.5) is 0 Å². The molecule has 0 radical (unpaired) electrons. The zero-order valence-electron chi connectivity index (χ0n) is 9.81. The molecule has 4 nitrogen and oxygen atoms in total. The summed E-state index contributed by atoms with van der Waals surface area (Å²) in [5, 5.41) is 0. The van der Waals surface area contributed by atoms with Gasteiger partial charge in [-0.25, -0.2) is 0 Å². The van der Waals surface area contributed by atoms with Gasteiger partial charge in [0, 0.05) is 24.2 Å². The van der Waals surface area contributed by atoms with Gasteiger partial charge in [-0.05, 0) is 19.1 Å². The fraction of sp³-hybridized carbons (Fsp3) is 0.385. The van der Waals surface area contributed by atoms with E-state index in [2.05, 4.69) is 0 Å². The molecule has 2 rings (SSSR count). The van der Waals surface area contributed by atoms with E-state index in [1.165, 1.54) is 6.92 Å². The van der Waals surface area contributed by atoms with Crippen LogP contribution in [0.25, 0.3) is 0 Å². The van der Waals surface area contributed by atoms with Crippen LogP contribution in [0.5, 0.6) is 0 Å². The van der Waals surface area contributed by atoms with E-state index in [9.17, 15) is 9.59 Å². The Labute approximate surface area is 100 Å². The lowest BCUT2D eigenvalue weighted by Crippen LogP contribution is -2.40. The molecule has 4 heteroatoms. The Balaban J connectivity index is 2.10. The van der Waals surface area contributed by atoms with Gasteiger partial charge in [-0.2, -0.15) is 0 Å². The topological polar surface area (TPSA) is 46.6 Å². The molecular formula is C13H15NO3. The third-order valence-corrected chi connectivity index (χ3v) is 2.84. The summed E-state index contributed by atoms with van der Waals surface area (Å²) in [6.07, 6.45) is 0. The van der Waals surface area contributed by atoms with E-state index in [1.54, 1.807) is 29.2 Å². The molecule has 1 aromatic carbocycles. The standard InChI is InChI=1S/C13H15NO3/c1-10(15)11-2-4-12(5-3-11)13(16)14-6-8-17-9-7-14/h2-5H,6-9H2,1H3. The van der Waals surface area contributed by atoms with Gasteiger partial charge in [0.05, 0.1) is 13.2 Å². The molecule has 1 aromatic rings. The molecule has 1 amide bonds. The molecule has 1 heterocycles. The predicted molar refractivity (Wildman–Crippen MR) is 63.2 cm³/mol. The normalized spacial score (nSPS) is 15.7. The second-order valence-corrected chi connectivity index (χ2v) is 4.04. The molecule has 1 saturated heterocycles. The average molecular weight is 233 g/mol. The molecule has 0 aromatic heterocycles. The second kappa shape index (κ2) is 5.10. The van der Waals surface area contributed by atoms with Crippen molar-refractivity contribution in [1.29, 1.82) is 0 Å². The van der Waals surface area contributed by atoms with Gasteiger partial charge in [0.25, 0.3) is 5.91 Å². The zero-order valence-corrected chi connectivity index (χ0v) is 9.81. The van der Waals surface area contributed by atoms with E-state index in [-0.39, 0.29) is 11.7 Å². The molecule has 1 aliphatic rings. The molecule has 0 spiro atoms. The molecule has 17 heavy (non-hydrogen) atoms. The molecule has 0 aliphatic carbocycles. The van der Waals surface area contributed by atoms with Crippen LogP contribution in [-0.2, 0) is 4.74 Å². The SMILES string of the molecule is CC(=O)c1ccc(C(=O)N2CCOCC2)cc1. The van der Waals surface area contributed by atoms with Crippen molar-refractivity contribution >= 4 is 11.7 Å². The Morgan fingerprint density at radius 1 is 1.06 bits per heavy atom. The van der Waals surface area contributed by atoms with Gasteiger partial charge in [0.2, 0.25) is 0 Å². The first-order chi connectivity index (χ1) is 8.18. The lowest BCUT2D eigenvalue weighted by Gasteiger charge is -2.26. The lowest BCUT2D eigenvalue weighted by atomic mass is 10.1. The van der Waals surface area contributed by atoms with E-state index in [0.717, 1.165) is 0 Å². The minimum atomic E-state index is 0.00315. The number of hydrogen-bond acceptors (Lipinski definition) is 3. The molecule has 1 aliphatic heterocycles. The van der Waals surface area contributed by atoms with Crippen molar-refractivity contribution in [1.82, 2.24) is 4.90 Å². The van der Waals surface area contributed by atoms with Crippen molar-refractivity contribution in [3.8, 4) is 0 Å². The molecular weight excluding hydrogens is 218 g/mol. The Bertz CT molecular complexity index is 419. The summed E-state index contributed by atoms with van der Waals surface area (Å²) in [5.41, 5.74) is 1.25. The maximum absolute atomic E-state index is 12.1. The minimum absolute atomic E-state index is 0.00315. The average Bonchev–Trinajstić information content (AvgIpc) is 2.39. The van der Waals surface area contributed by atoms with E-state index in [1.807, 2.05) is 0 Å². The van der Waals surface area contributed by atoms with Crippen LogP contribution in [0.15, 0.2) is 24.3 Å². The van der Waals surface area contributed by atoms with E-state index < -0.39 is 0 Å². The van der Waals surface area contributed by atoms with Gasteiger partial charge in [-0.3, -0.25) is 9.59 Å². The first kappa shape index (κ1) is 11.8. The highest BCUT2D eigenvalue weighted by atomic mass is 16.5. The number of rotatable bonds is 2. The monoisotopic (exact) mass is 233 g/mol. The van der Waals surface area contributed by atoms with E-state index >= 15 is 0 Å². The number of Topliss-reactive ketones (excluding diaryl/α,β-unsaturated/α-hetero) is 1. The highest BCUT2D eigenvalue weighted by molar-refractivity contribution is 5.97. The fourth-order valence-corrected chi connectivity index (χ4v) is 1.80. The number of amides is 1. The largest absolute Gasteiger partial charge is 0.378 e. The van der Waals surface area contributed by atoms with Gasteiger partial charge < -0.3 is 9.64 Å². The number of ketones is 1. The summed E-state index contributed by atoms with van der Waals surface area (Å²) < 4.78 is 5.20. The molecule has 90 valence electrons. The van der Waals surface area contributed by atoms with Crippen LogP contribution in [0, 0.1) is 0 Å². The first-order valence-corrected chi connectivity index (χ1v) is 5.66. The Morgan fingerprint density at radius 2 is 1.59 bits per heavy atom. The van der Waals surface area contributed by atoms with E-state index in [4.69, 9.17) is 4.74 Å². The Kier molecular flexibility index (Phi) is 3.54. The van der Waals surface area contributed by atoms with Crippen molar-refractivity contribution < 1.29 is 14.3 Å². The number of benzene rings is 1. The maximum atomic E-state index is 12.1. The Morgan fingerprint density at radius 3 is 2.12 bits per heavy atom. The van der Waals surface area contributed by atoms with Crippen LogP contribution >= 0.6 is 0 Å². The second-order valence-electron chi connectivity index (χ2n) is 4.04. The summed E-state index contributed by atoms with van der Waals surface area (Å²) in [6.45, 7) is 3.97. The first-order valence-electron chi connectivity index (χ1n) is 5.66. The molecule has 0 N–H and O–H groups in total. The van der Waals surface area contributed by atoms with Crippen LogP contribution in [0.2, 0.25) is 0 Å². The third-order valence-electron chi connectivity index (χ3n) is 2.84. The van der Waals surface area contributed by atoms with Gasteiger partial charge >= 0.3 is 0 Å². The predicted octanol–water partition coefficient (Wildman–Crippen LogP) is 1.36. The number of carbonyl (C=O) groups is 2. The zero-order chi connectivity index (χ0) is 12.3.